The molecule has 6 nitrogen and oxygen atoms in total. The maximum absolute atomic E-state index is 14.4. The molecule has 1 aliphatic heterocycles. The largest absolute Gasteiger partial charge is 0.477 e. The lowest BCUT2D eigenvalue weighted by molar-refractivity contribution is -0.199. The van der Waals surface area contributed by atoms with Crippen LogP contribution >= 0.6 is 0 Å². The third-order valence-electron chi connectivity index (χ3n) is 8.73. The van der Waals surface area contributed by atoms with Gasteiger partial charge in [0, 0.05) is 5.39 Å². The molecule has 9 heteroatoms. The van der Waals surface area contributed by atoms with Gasteiger partial charge in [0.25, 0.3) is 0 Å². The van der Waals surface area contributed by atoms with Crippen LogP contribution in [0.4, 0.5) is 4.39 Å². The molecule has 0 spiro atoms. The molecule has 2 bridgehead atoms. The number of hydrogen-bond acceptors (Lipinski definition) is 5. The van der Waals surface area contributed by atoms with Crippen LogP contribution in [0.1, 0.15) is 39.2 Å². The molecule has 3 aromatic rings. The van der Waals surface area contributed by atoms with Gasteiger partial charge in [-0.15, -0.1) is 0 Å². The van der Waals surface area contributed by atoms with E-state index in [0.717, 1.165) is 35.4 Å². The molecule has 3 aliphatic carbocycles. The molecule has 2 heterocycles. The molecule has 2 aromatic carbocycles. The third-order valence-corrected chi connectivity index (χ3v) is 10.3. The maximum Gasteiger partial charge on any atom is 0.477 e. The second-order valence-electron chi connectivity index (χ2n) is 11.0. The summed E-state index contributed by atoms with van der Waals surface area (Å²) in [5.41, 5.74) is 1.21. The molecule has 4 aliphatic rings. The summed E-state index contributed by atoms with van der Waals surface area (Å²) in [5, 5.41) is 0.896. The van der Waals surface area contributed by atoms with Crippen molar-refractivity contribution in [2.75, 3.05) is 0 Å². The number of rotatable bonds is 6. The number of benzene rings is 2. The molecule has 35 heavy (non-hydrogen) atoms. The normalized spacial score (nSPS) is 30.2. The summed E-state index contributed by atoms with van der Waals surface area (Å²) < 4.78 is 62.5. The Balaban J connectivity index is 1.35. The molecule has 4 fully saturated rings. The summed E-state index contributed by atoms with van der Waals surface area (Å²) >= 11 is 0. The fourth-order valence-electron chi connectivity index (χ4n) is 6.62. The Morgan fingerprint density at radius 2 is 1.86 bits per heavy atom. The highest BCUT2D eigenvalue weighted by atomic mass is 32.2. The molecule has 5 atom stereocenters. The van der Waals surface area contributed by atoms with E-state index in [1.54, 1.807) is 6.26 Å². The zero-order valence-corrected chi connectivity index (χ0v) is 20.8. The Morgan fingerprint density at radius 3 is 2.63 bits per heavy atom. The van der Waals surface area contributed by atoms with Gasteiger partial charge in [0.15, 0.2) is 0 Å². The van der Waals surface area contributed by atoms with Gasteiger partial charge in [0.2, 0.25) is 10.0 Å². The first-order chi connectivity index (χ1) is 16.6. The molecule has 1 N–H and O–H groups in total. The van der Waals surface area contributed by atoms with E-state index < -0.39 is 39.4 Å². The van der Waals surface area contributed by atoms with E-state index >= 15 is 0 Å². The van der Waals surface area contributed by atoms with Gasteiger partial charge in [-0.1, -0.05) is 44.2 Å². The Morgan fingerprint density at radius 1 is 1.11 bits per heavy atom. The van der Waals surface area contributed by atoms with Crippen molar-refractivity contribution in [2.24, 2.45) is 17.3 Å². The Bertz CT molecular complexity index is 1390. The second kappa shape index (κ2) is 7.90. The Hall–Kier alpha value is -2.20. The minimum atomic E-state index is -4.18. The highest BCUT2D eigenvalue weighted by Crippen LogP contribution is 2.65. The van der Waals surface area contributed by atoms with E-state index in [1.165, 1.54) is 18.2 Å². The van der Waals surface area contributed by atoms with Crippen molar-refractivity contribution < 1.29 is 26.5 Å². The first kappa shape index (κ1) is 23.2. The summed E-state index contributed by atoms with van der Waals surface area (Å²) in [6.45, 7) is 6.65. The highest BCUT2D eigenvalue weighted by Gasteiger charge is 2.68. The molecule has 1 aromatic heterocycles. The standard InChI is InChI=1S/C26H29BFNO5S/c1-25(2)17-13-22(25)26(3)23(14-17)33-27(34-26)24(12-16-15-32-20-10-6-4-8-18(16)20)29-35(30,31)21-11-7-5-9-19(21)28/h4-11,15,17,22-24,29H,12-14H2,1-3H3/t17-,22-,23+,24-,26-/m0/s1. The highest BCUT2D eigenvalue weighted by molar-refractivity contribution is 7.89. The Labute approximate surface area is 205 Å². The molecular weight excluding hydrogens is 468 g/mol. The predicted octanol–water partition coefficient (Wildman–Crippen LogP) is 4.73. The fraction of sp³-hybridized carbons (Fsp3) is 0.462. The average molecular weight is 497 g/mol. The molecular formula is C26H29BFNO5S. The third kappa shape index (κ3) is 3.58. The van der Waals surface area contributed by atoms with E-state index in [9.17, 15) is 12.8 Å². The lowest BCUT2D eigenvalue weighted by atomic mass is 9.43. The molecule has 0 amide bonds. The van der Waals surface area contributed by atoms with Gasteiger partial charge in [0.05, 0.1) is 23.9 Å². The van der Waals surface area contributed by atoms with Gasteiger partial charge in [-0.2, -0.15) is 0 Å². The van der Waals surface area contributed by atoms with Crippen LogP contribution < -0.4 is 4.72 Å². The van der Waals surface area contributed by atoms with Crippen molar-refractivity contribution in [3.05, 3.63) is 66.2 Å². The van der Waals surface area contributed by atoms with Crippen molar-refractivity contribution >= 4 is 28.1 Å². The summed E-state index contributed by atoms with van der Waals surface area (Å²) in [6.07, 6.45) is 3.78. The zero-order chi connectivity index (χ0) is 24.6. The SMILES string of the molecule is CC1(C)[C@@H]2C[C@H]3OB([C@H](Cc4coc5ccccc45)NS(=O)(=O)c4ccccc4F)O[C@@]3(C)[C@H]1C2. The van der Waals surface area contributed by atoms with Crippen LogP contribution in [0, 0.1) is 23.1 Å². The van der Waals surface area contributed by atoms with Crippen molar-refractivity contribution in [1.82, 2.24) is 4.72 Å². The van der Waals surface area contributed by atoms with Crippen LogP contribution in [0.2, 0.25) is 0 Å². The summed E-state index contributed by atoms with van der Waals surface area (Å²) in [6, 6.07) is 13.0. The molecule has 0 radical (unpaired) electrons. The molecule has 184 valence electrons. The number of sulfonamides is 1. The summed E-state index contributed by atoms with van der Waals surface area (Å²) in [5.74, 6) is -0.672. The van der Waals surface area contributed by atoms with Crippen molar-refractivity contribution in [3.63, 3.8) is 0 Å². The quantitative estimate of drug-likeness (QED) is 0.499. The second-order valence-corrected chi connectivity index (χ2v) is 12.6. The molecule has 0 unspecified atom stereocenters. The van der Waals surface area contributed by atoms with Crippen LogP contribution in [-0.4, -0.2) is 33.2 Å². The van der Waals surface area contributed by atoms with Crippen LogP contribution in [0.3, 0.4) is 0 Å². The summed E-state index contributed by atoms with van der Waals surface area (Å²) in [4.78, 5) is -0.396. The molecule has 7 rings (SSSR count). The topological polar surface area (TPSA) is 77.8 Å². The van der Waals surface area contributed by atoms with Crippen LogP contribution in [0.15, 0.2) is 64.1 Å². The first-order valence-corrected chi connectivity index (χ1v) is 13.6. The van der Waals surface area contributed by atoms with Gasteiger partial charge >= 0.3 is 7.12 Å². The van der Waals surface area contributed by atoms with Crippen LogP contribution in [0.5, 0.6) is 0 Å². The minimum absolute atomic E-state index is 0.106. The first-order valence-electron chi connectivity index (χ1n) is 12.1. The minimum Gasteiger partial charge on any atom is -0.464 e. The van der Waals surface area contributed by atoms with Gasteiger partial charge in [-0.3, -0.25) is 0 Å². The van der Waals surface area contributed by atoms with E-state index in [-0.39, 0.29) is 17.9 Å². The molecule has 1 saturated heterocycles. The summed E-state index contributed by atoms with van der Waals surface area (Å²) in [7, 11) is -4.99. The van der Waals surface area contributed by atoms with Gasteiger partial charge in [-0.25, -0.2) is 17.5 Å². The number of para-hydroxylation sites is 1. The number of halogens is 1. The number of hydrogen-bond donors (Lipinski definition) is 1. The zero-order valence-electron chi connectivity index (χ0n) is 20.0. The maximum atomic E-state index is 14.4. The van der Waals surface area contributed by atoms with Gasteiger partial charge < -0.3 is 13.7 Å². The average Bonchev–Trinajstić information content (AvgIpc) is 3.39. The van der Waals surface area contributed by atoms with Crippen molar-refractivity contribution in [1.29, 1.82) is 0 Å². The van der Waals surface area contributed by atoms with Crippen molar-refractivity contribution in [3.8, 4) is 0 Å². The number of nitrogens with one attached hydrogen (secondary N) is 1. The van der Waals surface area contributed by atoms with Crippen LogP contribution in [0.25, 0.3) is 11.0 Å². The lowest BCUT2D eigenvalue weighted by Gasteiger charge is -2.64. The fourth-order valence-corrected chi connectivity index (χ4v) is 7.92. The van der Waals surface area contributed by atoms with Gasteiger partial charge in [-0.05, 0) is 67.2 Å². The van der Waals surface area contributed by atoms with Crippen LogP contribution in [-0.2, 0) is 25.8 Å². The van der Waals surface area contributed by atoms with Crippen molar-refractivity contribution in [2.45, 2.75) is 62.6 Å². The van der Waals surface area contributed by atoms with E-state index in [1.807, 2.05) is 24.3 Å². The number of fused-ring (bicyclic) bond motifs is 1. The predicted molar refractivity (Wildman–Crippen MR) is 131 cm³/mol. The van der Waals surface area contributed by atoms with E-state index in [0.29, 0.717) is 11.8 Å². The van der Waals surface area contributed by atoms with E-state index in [2.05, 4.69) is 25.5 Å². The lowest BCUT2D eigenvalue weighted by Crippen LogP contribution is -2.65. The monoisotopic (exact) mass is 497 g/mol. The smallest absolute Gasteiger partial charge is 0.464 e. The van der Waals surface area contributed by atoms with E-state index in [4.69, 9.17) is 13.7 Å². The number of furan rings is 1. The molecule has 3 saturated carbocycles. The van der Waals surface area contributed by atoms with Gasteiger partial charge in [0.1, 0.15) is 16.3 Å². The Kier molecular flexibility index (Phi) is 5.24.